The molecule has 0 radical (unpaired) electrons. The average Bonchev–Trinajstić information content (AvgIpc) is 3.09. The van der Waals surface area contributed by atoms with Gasteiger partial charge in [0, 0.05) is 37.2 Å². The molecular weight excluding hydrogens is 350 g/mol. The Morgan fingerprint density at radius 3 is 2.64 bits per heavy atom. The van der Waals surface area contributed by atoms with Crippen molar-refractivity contribution in [2.24, 2.45) is 5.41 Å². The third-order valence-corrected chi connectivity index (χ3v) is 4.62. The van der Waals surface area contributed by atoms with Crippen molar-refractivity contribution in [3.8, 4) is 23.2 Å². The number of hydrogen-bond donors (Lipinski definition) is 0. The first kappa shape index (κ1) is 18.3. The topological polar surface area (TPSA) is 72.6 Å². The van der Waals surface area contributed by atoms with Crippen LogP contribution in [0.2, 0.25) is 0 Å². The van der Waals surface area contributed by atoms with Gasteiger partial charge >= 0.3 is 0 Å². The number of likely N-dealkylation sites (tertiary alicyclic amines) is 1. The van der Waals surface area contributed by atoms with Crippen LogP contribution < -0.4 is 0 Å². The second-order valence-electron chi connectivity index (χ2n) is 7.97. The Morgan fingerprint density at radius 1 is 1.14 bits per heavy atom. The van der Waals surface area contributed by atoms with Crippen molar-refractivity contribution < 1.29 is 0 Å². The first-order valence-corrected chi connectivity index (χ1v) is 9.33. The fourth-order valence-corrected chi connectivity index (χ4v) is 3.48. The predicted octanol–water partition coefficient (Wildman–Crippen LogP) is 2.18. The Balaban J connectivity index is 1.42. The highest BCUT2D eigenvalue weighted by molar-refractivity contribution is 5.58. The van der Waals surface area contributed by atoms with Gasteiger partial charge in [-0.15, -0.1) is 5.10 Å². The maximum atomic E-state index is 4.56. The molecule has 1 saturated heterocycles. The fourth-order valence-electron chi connectivity index (χ4n) is 3.48. The molecule has 3 aromatic rings. The van der Waals surface area contributed by atoms with Gasteiger partial charge in [-0.2, -0.15) is 0 Å². The zero-order valence-electron chi connectivity index (χ0n) is 16.4. The van der Waals surface area contributed by atoms with E-state index in [1.54, 1.807) is 29.3 Å². The second kappa shape index (κ2) is 7.49. The lowest BCUT2D eigenvalue weighted by atomic mass is 9.84. The Hall–Kier alpha value is -3.11. The molecule has 142 valence electrons. The minimum Gasteiger partial charge on any atom is -0.291 e. The van der Waals surface area contributed by atoms with E-state index in [4.69, 9.17) is 0 Å². The van der Waals surface area contributed by atoms with Gasteiger partial charge in [0.1, 0.15) is 18.1 Å². The zero-order valence-corrected chi connectivity index (χ0v) is 16.4. The van der Waals surface area contributed by atoms with E-state index in [9.17, 15) is 0 Å². The van der Waals surface area contributed by atoms with Crippen LogP contribution in [0.15, 0.2) is 36.9 Å². The van der Waals surface area contributed by atoms with Gasteiger partial charge in [-0.05, 0) is 30.0 Å². The predicted molar refractivity (Wildman–Crippen MR) is 106 cm³/mol. The molecule has 0 aromatic carbocycles. The van der Waals surface area contributed by atoms with E-state index < -0.39 is 0 Å². The molecule has 0 atom stereocenters. The van der Waals surface area contributed by atoms with E-state index in [-0.39, 0.29) is 0 Å². The molecule has 1 fully saturated rings. The van der Waals surface area contributed by atoms with E-state index in [0.717, 1.165) is 42.1 Å². The molecule has 0 spiro atoms. The Kier molecular flexibility index (Phi) is 4.88. The number of aromatic nitrogens is 6. The summed E-state index contributed by atoms with van der Waals surface area (Å²) in [4.78, 5) is 15.3. The van der Waals surface area contributed by atoms with Crippen LogP contribution in [0.1, 0.15) is 30.8 Å². The Morgan fingerprint density at radius 2 is 1.93 bits per heavy atom. The second-order valence-corrected chi connectivity index (χ2v) is 7.97. The zero-order chi connectivity index (χ0) is 19.6. The van der Waals surface area contributed by atoms with Crippen molar-refractivity contribution in [1.29, 1.82) is 0 Å². The number of pyridine rings is 1. The van der Waals surface area contributed by atoms with E-state index in [2.05, 4.69) is 61.9 Å². The molecule has 7 heteroatoms. The molecule has 0 amide bonds. The smallest absolute Gasteiger partial charge is 0.149 e. The monoisotopic (exact) mass is 373 g/mol. The normalized spacial score (nSPS) is 15.5. The average molecular weight is 373 g/mol. The lowest BCUT2D eigenvalue weighted by Gasteiger charge is -2.44. The van der Waals surface area contributed by atoms with Gasteiger partial charge in [0.25, 0.3) is 0 Å². The van der Waals surface area contributed by atoms with Gasteiger partial charge in [-0.3, -0.25) is 9.88 Å². The molecule has 7 nitrogen and oxygen atoms in total. The van der Waals surface area contributed by atoms with Crippen molar-refractivity contribution in [3.05, 3.63) is 53.9 Å². The summed E-state index contributed by atoms with van der Waals surface area (Å²) in [6, 6.07) is 3.84. The van der Waals surface area contributed by atoms with Crippen molar-refractivity contribution in [2.75, 3.05) is 19.6 Å². The highest BCUT2D eigenvalue weighted by Crippen LogP contribution is 2.27. The highest BCUT2D eigenvalue weighted by Gasteiger charge is 2.32. The van der Waals surface area contributed by atoms with Crippen LogP contribution in [0.3, 0.4) is 0 Å². The molecule has 0 unspecified atom stereocenters. The molecule has 0 bridgehead atoms. The van der Waals surface area contributed by atoms with Crippen LogP contribution in [0.25, 0.3) is 11.4 Å². The lowest BCUT2D eigenvalue weighted by molar-refractivity contribution is 0.0443. The maximum Gasteiger partial charge on any atom is 0.149 e. The SMILES string of the molecule is Cc1cc(C#CCN2CC(C)(C)C2)cnc1-c1cn(Cc2ncccn2)nn1. The summed E-state index contributed by atoms with van der Waals surface area (Å²) in [7, 11) is 0. The summed E-state index contributed by atoms with van der Waals surface area (Å²) in [5, 5.41) is 8.40. The van der Waals surface area contributed by atoms with Crippen molar-refractivity contribution in [1.82, 2.24) is 34.8 Å². The summed E-state index contributed by atoms with van der Waals surface area (Å²) in [5.74, 6) is 7.16. The molecule has 4 heterocycles. The first-order valence-electron chi connectivity index (χ1n) is 9.33. The van der Waals surface area contributed by atoms with Gasteiger partial charge in [0.05, 0.1) is 18.4 Å². The summed E-state index contributed by atoms with van der Waals surface area (Å²) in [6.07, 6.45) is 7.10. The molecular formula is C21H23N7. The molecule has 4 rings (SSSR count). The van der Waals surface area contributed by atoms with Crippen molar-refractivity contribution >= 4 is 0 Å². The van der Waals surface area contributed by atoms with E-state index in [1.165, 1.54) is 0 Å². The maximum absolute atomic E-state index is 4.56. The Labute approximate surface area is 164 Å². The molecule has 0 aliphatic carbocycles. The molecule has 0 saturated carbocycles. The first-order chi connectivity index (χ1) is 13.5. The molecule has 1 aliphatic heterocycles. The minimum atomic E-state index is 0.436. The number of aryl methyl sites for hydroxylation is 1. The van der Waals surface area contributed by atoms with Crippen molar-refractivity contribution in [2.45, 2.75) is 27.3 Å². The molecule has 3 aromatic heterocycles. The number of hydrogen-bond acceptors (Lipinski definition) is 6. The van der Waals surface area contributed by atoms with Gasteiger partial charge in [0.15, 0.2) is 0 Å². The van der Waals surface area contributed by atoms with Crippen LogP contribution in [-0.4, -0.2) is 54.5 Å². The summed E-state index contributed by atoms with van der Waals surface area (Å²) < 4.78 is 1.72. The number of rotatable bonds is 4. The summed E-state index contributed by atoms with van der Waals surface area (Å²) in [5.41, 5.74) is 3.93. The van der Waals surface area contributed by atoms with Crippen molar-refractivity contribution in [3.63, 3.8) is 0 Å². The van der Waals surface area contributed by atoms with E-state index >= 15 is 0 Å². The quantitative estimate of drug-likeness (QED) is 0.653. The standard InChI is InChI=1S/C21H23N7/c1-16-10-17(6-4-9-27-14-21(2,3)15-27)11-24-20(16)18-12-28(26-25-18)13-19-22-7-5-8-23-19/h5,7-8,10-12H,9,13-15H2,1-3H3. The van der Waals surface area contributed by atoms with Crippen LogP contribution in [0.4, 0.5) is 0 Å². The Bertz CT molecular complexity index is 1020. The van der Waals surface area contributed by atoms with Gasteiger partial charge in [-0.25, -0.2) is 14.6 Å². The molecule has 0 N–H and O–H groups in total. The third kappa shape index (κ3) is 4.24. The summed E-state index contributed by atoms with van der Waals surface area (Å²) >= 11 is 0. The van der Waals surface area contributed by atoms with Gasteiger partial charge in [-0.1, -0.05) is 30.9 Å². The van der Waals surface area contributed by atoms with Crippen LogP contribution in [0, 0.1) is 24.2 Å². The minimum absolute atomic E-state index is 0.436. The molecule has 28 heavy (non-hydrogen) atoms. The van der Waals surface area contributed by atoms with E-state index in [1.807, 2.05) is 13.1 Å². The summed E-state index contributed by atoms with van der Waals surface area (Å²) in [6.45, 7) is 10.1. The van der Waals surface area contributed by atoms with Gasteiger partial charge < -0.3 is 0 Å². The van der Waals surface area contributed by atoms with E-state index in [0.29, 0.717) is 17.8 Å². The molecule has 1 aliphatic rings. The largest absolute Gasteiger partial charge is 0.291 e. The number of nitrogens with zero attached hydrogens (tertiary/aromatic N) is 7. The third-order valence-electron chi connectivity index (χ3n) is 4.62. The fraction of sp³-hybridized carbons (Fsp3) is 0.381. The van der Waals surface area contributed by atoms with Gasteiger partial charge in [0.2, 0.25) is 0 Å². The highest BCUT2D eigenvalue weighted by atomic mass is 15.4. The van der Waals surface area contributed by atoms with Crippen LogP contribution in [0.5, 0.6) is 0 Å². The van der Waals surface area contributed by atoms with Crippen LogP contribution in [-0.2, 0) is 6.54 Å². The van der Waals surface area contributed by atoms with Crippen LogP contribution >= 0.6 is 0 Å². The lowest BCUT2D eigenvalue weighted by Crippen LogP contribution is -2.52.